The van der Waals surface area contributed by atoms with Gasteiger partial charge in [-0.3, -0.25) is 4.99 Å². The number of halogens is 2. The van der Waals surface area contributed by atoms with Crippen molar-refractivity contribution in [1.29, 1.82) is 0 Å². The molecule has 0 aliphatic carbocycles. The third kappa shape index (κ3) is 4.04. The number of rotatable bonds is 5. The maximum atomic E-state index is 6.09. The molecule has 0 saturated heterocycles. The Kier molecular flexibility index (Phi) is 5.65. The molecular formula is C23H20Cl2N2O2. The molecular weight excluding hydrogens is 407 g/mol. The van der Waals surface area contributed by atoms with Crippen molar-refractivity contribution >= 4 is 29.0 Å². The molecule has 1 aliphatic heterocycles. The fourth-order valence-electron chi connectivity index (χ4n) is 3.48. The minimum absolute atomic E-state index is 0.0461. The van der Waals surface area contributed by atoms with Crippen LogP contribution in [0, 0.1) is 0 Å². The Morgan fingerprint density at radius 1 is 0.793 bits per heavy atom. The molecule has 4 nitrogen and oxygen atoms in total. The lowest BCUT2D eigenvalue weighted by Crippen LogP contribution is -2.25. The predicted octanol–water partition coefficient (Wildman–Crippen LogP) is 5.84. The molecule has 0 aromatic heterocycles. The molecule has 148 valence electrons. The van der Waals surface area contributed by atoms with E-state index in [9.17, 15) is 0 Å². The summed E-state index contributed by atoms with van der Waals surface area (Å²) in [4.78, 5) is 5.01. The van der Waals surface area contributed by atoms with Crippen molar-refractivity contribution in [2.24, 2.45) is 4.99 Å². The van der Waals surface area contributed by atoms with Crippen molar-refractivity contribution in [3.8, 4) is 11.5 Å². The van der Waals surface area contributed by atoms with Crippen LogP contribution in [0.5, 0.6) is 11.5 Å². The van der Waals surface area contributed by atoms with Gasteiger partial charge in [0.15, 0.2) is 0 Å². The van der Waals surface area contributed by atoms with E-state index in [0.29, 0.717) is 15.8 Å². The molecule has 1 heterocycles. The summed E-state index contributed by atoms with van der Waals surface area (Å²) in [6.45, 7) is 0. The molecule has 0 amide bonds. The van der Waals surface area contributed by atoms with Gasteiger partial charge in [-0.15, -0.1) is 0 Å². The van der Waals surface area contributed by atoms with Crippen LogP contribution >= 0.6 is 23.2 Å². The molecule has 0 bridgehead atoms. The second-order valence-electron chi connectivity index (χ2n) is 6.71. The van der Waals surface area contributed by atoms with Crippen LogP contribution in [0.1, 0.15) is 28.8 Å². The summed E-state index contributed by atoms with van der Waals surface area (Å²) in [5.74, 6) is 2.19. The number of nitrogens with one attached hydrogen (secondary N) is 1. The van der Waals surface area contributed by atoms with E-state index in [2.05, 4.69) is 5.32 Å². The molecule has 3 aromatic rings. The zero-order chi connectivity index (χ0) is 20.4. The average Bonchev–Trinajstić information content (AvgIpc) is 3.19. The highest BCUT2D eigenvalue weighted by atomic mass is 35.5. The number of hydrogen-bond donors (Lipinski definition) is 1. The van der Waals surface area contributed by atoms with Crippen molar-refractivity contribution in [1.82, 2.24) is 5.32 Å². The van der Waals surface area contributed by atoms with Gasteiger partial charge in [0.05, 0.1) is 25.8 Å². The molecule has 1 aliphatic rings. The van der Waals surface area contributed by atoms with Crippen molar-refractivity contribution in [3.05, 3.63) is 93.5 Å². The van der Waals surface area contributed by atoms with Crippen LogP contribution in [0.4, 0.5) is 0 Å². The van der Waals surface area contributed by atoms with Crippen LogP contribution in [0.3, 0.4) is 0 Å². The fraction of sp³-hybridized carbons (Fsp3) is 0.174. The van der Waals surface area contributed by atoms with Crippen LogP contribution < -0.4 is 14.8 Å². The quantitative estimate of drug-likeness (QED) is 0.556. The Hall–Kier alpha value is -2.69. The Morgan fingerprint density at radius 2 is 1.41 bits per heavy atom. The summed E-state index contributed by atoms with van der Waals surface area (Å²) in [5.41, 5.74) is 3.05. The van der Waals surface area contributed by atoms with Crippen LogP contribution in [0.15, 0.2) is 71.7 Å². The van der Waals surface area contributed by atoms with Gasteiger partial charge in [-0.1, -0.05) is 47.5 Å². The molecule has 0 saturated carbocycles. The molecule has 3 aromatic carbocycles. The first-order valence-corrected chi connectivity index (χ1v) is 9.92. The summed E-state index contributed by atoms with van der Waals surface area (Å²) in [5, 5.41) is 4.97. The third-order valence-electron chi connectivity index (χ3n) is 4.98. The Balaban J connectivity index is 1.77. The smallest absolute Gasteiger partial charge is 0.133 e. The largest absolute Gasteiger partial charge is 0.497 e. The fourth-order valence-corrected chi connectivity index (χ4v) is 3.73. The van der Waals surface area contributed by atoms with Crippen LogP contribution in [0.25, 0.3) is 0 Å². The number of benzene rings is 3. The summed E-state index contributed by atoms with van der Waals surface area (Å²) in [6.07, 6.45) is 0. The van der Waals surface area contributed by atoms with Gasteiger partial charge >= 0.3 is 0 Å². The highest BCUT2D eigenvalue weighted by Gasteiger charge is 2.32. The first-order chi connectivity index (χ1) is 14.1. The van der Waals surface area contributed by atoms with Crippen molar-refractivity contribution in [2.75, 3.05) is 14.2 Å². The van der Waals surface area contributed by atoms with Gasteiger partial charge in [-0.2, -0.15) is 0 Å². The van der Waals surface area contributed by atoms with Crippen LogP contribution in [-0.2, 0) is 0 Å². The second-order valence-corrected chi connectivity index (χ2v) is 7.59. The van der Waals surface area contributed by atoms with Crippen molar-refractivity contribution in [2.45, 2.75) is 12.1 Å². The van der Waals surface area contributed by atoms with Gasteiger partial charge in [-0.05, 0) is 47.5 Å². The van der Waals surface area contributed by atoms with E-state index in [-0.39, 0.29) is 12.1 Å². The van der Waals surface area contributed by atoms with E-state index in [1.165, 1.54) is 0 Å². The van der Waals surface area contributed by atoms with Crippen molar-refractivity contribution in [3.63, 3.8) is 0 Å². The molecule has 0 spiro atoms. The van der Waals surface area contributed by atoms with Gasteiger partial charge < -0.3 is 14.8 Å². The number of hydrogen-bond acceptors (Lipinski definition) is 4. The first kappa shape index (κ1) is 19.6. The molecule has 0 radical (unpaired) electrons. The molecule has 6 heteroatoms. The van der Waals surface area contributed by atoms with E-state index >= 15 is 0 Å². The van der Waals surface area contributed by atoms with Gasteiger partial charge in [0, 0.05) is 16.1 Å². The highest BCUT2D eigenvalue weighted by Crippen LogP contribution is 2.39. The minimum atomic E-state index is -0.116. The van der Waals surface area contributed by atoms with Gasteiger partial charge in [-0.25, -0.2) is 0 Å². The topological polar surface area (TPSA) is 42.8 Å². The molecule has 2 unspecified atom stereocenters. The lowest BCUT2D eigenvalue weighted by Gasteiger charge is -2.20. The van der Waals surface area contributed by atoms with Gasteiger partial charge in [0.25, 0.3) is 0 Å². The third-order valence-corrected chi connectivity index (χ3v) is 5.48. The molecule has 1 N–H and O–H groups in total. The lowest BCUT2D eigenvalue weighted by atomic mass is 9.95. The first-order valence-electron chi connectivity index (χ1n) is 9.16. The number of aliphatic imine (C=N–C) groups is 1. The monoisotopic (exact) mass is 426 g/mol. The molecule has 4 rings (SSSR count). The second kappa shape index (κ2) is 8.36. The summed E-state index contributed by atoms with van der Waals surface area (Å²) < 4.78 is 10.9. The Bertz CT molecular complexity index is 1030. The van der Waals surface area contributed by atoms with E-state index in [4.69, 9.17) is 37.7 Å². The zero-order valence-electron chi connectivity index (χ0n) is 16.0. The summed E-state index contributed by atoms with van der Waals surface area (Å²) in [6, 6.07) is 21.2. The highest BCUT2D eigenvalue weighted by molar-refractivity contribution is 6.30. The Morgan fingerprint density at radius 3 is 2.00 bits per heavy atom. The SMILES string of the molecule is COc1ccc(C2=NC(c3ccc(Cl)cc3)C(c3ccc(Cl)cc3)N2)c(OC)c1. The van der Waals surface area contributed by atoms with Crippen LogP contribution in [0.2, 0.25) is 10.0 Å². The minimum Gasteiger partial charge on any atom is -0.497 e. The van der Waals surface area contributed by atoms with Gasteiger partial charge in [0.1, 0.15) is 23.4 Å². The Labute approximate surface area is 180 Å². The predicted molar refractivity (Wildman–Crippen MR) is 118 cm³/mol. The average molecular weight is 427 g/mol. The van der Waals surface area contributed by atoms with E-state index in [0.717, 1.165) is 28.3 Å². The number of ether oxygens (including phenoxy) is 2. The summed E-state index contributed by atoms with van der Waals surface area (Å²) in [7, 11) is 3.27. The van der Waals surface area contributed by atoms with Crippen molar-refractivity contribution < 1.29 is 9.47 Å². The molecule has 0 fully saturated rings. The summed E-state index contributed by atoms with van der Waals surface area (Å²) >= 11 is 12.2. The number of nitrogens with zero attached hydrogens (tertiary/aromatic N) is 1. The lowest BCUT2D eigenvalue weighted by molar-refractivity contribution is 0.393. The van der Waals surface area contributed by atoms with Gasteiger partial charge in [0.2, 0.25) is 0 Å². The van der Waals surface area contributed by atoms with E-state index in [1.54, 1.807) is 14.2 Å². The van der Waals surface area contributed by atoms with Crippen LogP contribution in [-0.4, -0.2) is 20.1 Å². The molecule has 2 atom stereocenters. The van der Waals surface area contributed by atoms with E-state index < -0.39 is 0 Å². The number of methoxy groups -OCH3 is 2. The number of amidine groups is 1. The van der Waals surface area contributed by atoms with E-state index in [1.807, 2.05) is 66.7 Å². The maximum Gasteiger partial charge on any atom is 0.133 e. The zero-order valence-corrected chi connectivity index (χ0v) is 17.5. The standard InChI is InChI=1S/C23H20Cl2N2O2/c1-28-18-11-12-19(20(13-18)29-2)23-26-21(14-3-7-16(24)8-4-14)22(27-23)15-5-9-17(25)10-6-15/h3-13,21-22H,1-2H3,(H,26,27). The maximum absolute atomic E-state index is 6.09. The normalized spacial score (nSPS) is 18.1. The molecule has 29 heavy (non-hydrogen) atoms.